The van der Waals surface area contributed by atoms with Crippen LogP contribution in [0.3, 0.4) is 0 Å². The van der Waals surface area contributed by atoms with Crippen molar-refractivity contribution in [2.24, 2.45) is 5.16 Å². The van der Waals surface area contributed by atoms with Crippen molar-refractivity contribution >= 4 is 63.5 Å². The molecule has 6 rings (SSSR count). The Kier molecular flexibility index (Phi) is 10.2. The van der Waals surface area contributed by atoms with Crippen molar-refractivity contribution in [2.75, 3.05) is 30.5 Å². The maximum Gasteiger partial charge on any atom is 0.411 e. The topological polar surface area (TPSA) is 175 Å². The van der Waals surface area contributed by atoms with Gasteiger partial charge in [0.25, 0.3) is 11.8 Å². The predicted octanol–water partition coefficient (Wildman–Crippen LogP) is 4.31. The summed E-state index contributed by atoms with van der Waals surface area (Å²) in [5.41, 5.74) is 8.05. The fourth-order valence-corrected chi connectivity index (χ4v) is 7.13. The van der Waals surface area contributed by atoms with E-state index >= 15 is 0 Å². The van der Waals surface area contributed by atoms with Gasteiger partial charge in [0.15, 0.2) is 16.9 Å². The largest absolute Gasteiger partial charge is 0.448 e. The summed E-state index contributed by atoms with van der Waals surface area (Å²) in [6, 6.07) is 26.2. The molecular weight excluding hydrogens is 669 g/mol. The highest BCUT2D eigenvalue weighted by atomic mass is 32.2. The molecule has 3 amide bonds. The number of ether oxygens (including phenoxy) is 2. The summed E-state index contributed by atoms with van der Waals surface area (Å²) in [4.78, 5) is 64.1. The van der Waals surface area contributed by atoms with E-state index in [0.717, 1.165) is 22.5 Å². The van der Waals surface area contributed by atoms with E-state index in [1.807, 2.05) is 66.7 Å². The van der Waals surface area contributed by atoms with Crippen molar-refractivity contribution in [1.82, 2.24) is 15.2 Å². The SMILES string of the molecule is CON=C(C(=O)NC1C(=O)N2C(C(=O)OC(c3ccccc3)c3ccccc3)=C(COC(=O)Nc3ccccc3)CS[C@@H]12)c1csc(N)n1. The number of carbonyl (C=O) groups is 4. The predicted molar refractivity (Wildman–Crippen MR) is 184 cm³/mol. The first kappa shape index (κ1) is 33.2. The minimum atomic E-state index is -1.01. The van der Waals surface area contributed by atoms with Gasteiger partial charge in [0.05, 0.1) is 0 Å². The Hall–Kier alpha value is -5.67. The van der Waals surface area contributed by atoms with Crippen molar-refractivity contribution in [1.29, 1.82) is 0 Å². The van der Waals surface area contributed by atoms with Gasteiger partial charge in [-0.05, 0) is 23.3 Å². The second-order valence-electron chi connectivity index (χ2n) is 10.7. The van der Waals surface area contributed by atoms with E-state index in [0.29, 0.717) is 11.3 Å². The quantitative estimate of drug-likeness (QED) is 0.0886. The van der Waals surface area contributed by atoms with Gasteiger partial charge in [-0.1, -0.05) is 84.0 Å². The van der Waals surface area contributed by atoms with Gasteiger partial charge in [-0.15, -0.1) is 23.1 Å². The van der Waals surface area contributed by atoms with Gasteiger partial charge in [-0.3, -0.25) is 19.8 Å². The number of nitrogens with one attached hydrogen (secondary N) is 2. The number of thioether (sulfide) groups is 1. The molecule has 4 N–H and O–H groups in total. The third-order valence-corrected chi connectivity index (χ3v) is 9.53. The van der Waals surface area contributed by atoms with Crippen LogP contribution in [0.4, 0.5) is 15.6 Å². The molecule has 1 aromatic heterocycles. The molecule has 1 fully saturated rings. The maximum absolute atomic E-state index is 14.2. The number of aromatic nitrogens is 1. The number of hydrogen-bond acceptors (Lipinski definition) is 12. The molecule has 0 aliphatic carbocycles. The number of rotatable bonds is 11. The summed E-state index contributed by atoms with van der Waals surface area (Å²) < 4.78 is 11.6. The van der Waals surface area contributed by atoms with Crippen LogP contribution in [0.25, 0.3) is 0 Å². The van der Waals surface area contributed by atoms with Gasteiger partial charge >= 0.3 is 12.1 Å². The Morgan fingerprint density at radius 1 is 1.00 bits per heavy atom. The number of anilines is 2. The number of fused-ring (bicyclic) bond motifs is 1. The second-order valence-corrected chi connectivity index (χ2v) is 12.7. The molecular formula is C34H30N6O7S2. The van der Waals surface area contributed by atoms with E-state index in [1.165, 1.54) is 23.8 Å². The lowest BCUT2D eigenvalue weighted by Crippen LogP contribution is -2.71. The Bertz CT molecular complexity index is 1860. The van der Waals surface area contributed by atoms with Crippen LogP contribution in [0.1, 0.15) is 22.9 Å². The van der Waals surface area contributed by atoms with E-state index in [-0.39, 0.29) is 34.6 Å². The zero-order chi connectivity index (χ0) is 34.3. The molecule has 15 heteroatoms. The highest BCUT2D eigenvalue weighted by molar-refractivity contribution is 8.00. The molecule has 1 saturated heterocycles. The van der Waals surface area contributed by atoms with Gasteiger partial charge in [-0.25, -0.2) is 14.6 Å². The third-order valence-electron chi connectivity index (χ3n) is 7.52. The molecule has 1 unspecified atom stereocenters. The number of hydrogen-bond donors (Lipinski definition) is 3. The van der Waals surface area contributed by atoms with Crippen LogP contribution in [0.2, 0.25) is 0 Å². The normalized spacial score (nSPS) is 17.1. The number of para-hydroxylation sites is 1. The molecule has 2 aliphatic rings. The summed E-state index contributed by atoms with van der Waals surface area (Å²) in [5.74, 6) is -1.86. The highest BCUT2D eigenvalue weighted by Gasteiger charge is 2.55. The molecule has 3 aromatic carbocycles. The van der Waals surface area contributed by atoms with Crippen LogP contribution in [0.15, 0.2) is 113 Å². The number of oxime groups is 1. The van der Waals surface area contributed by atoms with Gasteiger partial charge in [0.2, 0.25) is 0 Å². The molecule has 4 aromatic rings. The molecule has 13 nitrogen and oxygen atoms in total. The average molecular weight is 699 g/mol. The van der Waals surface area contributed by atoms with E-state index in [1.54, 1.807) is 29.6 Å². The first-order valence-electron chi connectivity index (χ1n) is 14.9. The summed E-state index contributed by atoms with van der Waals surface area (Å²) in [7, 11) is 1.28. The number of β-lactam (4-membered cyclic amide) rings is 1. The van der Waals surface area contributed by atoms with Crippen molar-refractivity contribution in [3.8, 4) is 0 Å². The van der Waals surface area contributed by atoms with Crippen LogP contribution < -0.4 is 16.4 Å². The minimum absolute atomic E-state index is 0.0540. The van der Waals surface area contributed by atoms with Gasteiger partial charge in [-0.2, -0.15) is 0 Å². The number of benzene rings is 3. The number of amides is 3. The maximum atomic E-state index is 14.2. The lowest BCUT2D eigenvalue weighted by atomic mass is 10.0. The van der Waals surface area contributed by atoms with E-state index in [9.17, 15) is 19.2 Å². The molecule has 0 spiro atoms. The fourth-order valence-electron chi connectivity index (χ4n) is 5.26. The second kappa shape index (κ2) is 15.0. The van der Waals surface area contributed by atoms with Crippen molar-refractivity contribution in [3.63, 3.8) is 0 Å². The summed E-state index contributed by atoms with van der Waals surface area (Å²) in [5, 5.41) is 10.2. The number of nitrogens with two attached hydrogens (primary N) is 1. The van der Waals surface area contributed by atoms with Gasteiger partial charge in [0, 0.05) is 22.4 Å². The van der Waals surface area contributed by atoms with Gasteiger partial charge < -0.3 is 25.4 Å². The molecule has 2 aliphatic heterocycles. The molecule has 49 heavy (non-hydrogen) atoms. The first-order chi connectivity index (χ1) is 23.8. The summed E-state index contributed by atoms with van der Waals surface area (Å²) in [6.07, 6.45) is -1.54. The Labute approximate surface area is 289 Å². The number of esters is 1. The van der Waals surface area contributed by atoms with E-state index < -0.39 is 41.4 Å². The number of nitrogen functional groups attached to an aromatic ring is 1. The fraction of sp³-hybridized carbons (Fsp3) is 0.176. The molecule has 3 heterocycles. The monoisotopic (exact) mass is 698 g/mol. The third kappa shape index (κ3) is 7.42. The van der Waals surface area contributed by atoms with Crippen LogP contribution in [0.5, 0.6) is 0 Å². The van der Waals surface area contributed by atoms with Crippen molar-refractivity contribution in [2.45, 2.75) is 17.5 Å². The average Bonchev–Trinajstić information content (AvgIpc) is 3.56. The standard InChI is InChI=1S/C34H30N6O7S2/c1-45-39-25(24-19-49-33(35)37-24)29(41)38-26-30(42)40-27(22(18-48-31(26)40)17-46-34(44)36-23-15-9-4-10-16-23)32(43)47-28(20-11-5-2-6-12-20)21-13-7-3-8-14-21/h2-16,19,26,28,31H,17-18H2,1H3,(H2,35,37)(H,36,44)(H,38,41)/t26?,31-/m0/s1. The highest BCUT2D eigenvalue weighted by Crippen LogP contribution is 2.42. The summed E-state index contributed by atoms with van der Waals surface area (Å²) >= 11 is 2.42. The molecule has 250 valence electrons. The zero-order valence-electron chi connectivity index (χ0n) is 26.0. The molecule has 0 bridgehead atoms. The van der Waals surface area contributed by atoms with Gasteiger partial charge in [0.1, 0.15) is 36.5 Å². The Balaban J connectivity index is 1.27. The van der Waals surface area contributed by atoms with Crippen molar-refractivity contribution in [3.05, 3.63) is 124 Å². The number of thiazole rings is 1. The lowest BCUT2D eigenvalue weighted by molar-refractivity contribution is -0.154. The molecule has 2 atom stereocenters. The Morgan fingerprint density at radius 3 is 2.22 bits per heavy atom. The molecule has 0 radical (unpaired) electrons. The van der Waals surface area contributed by atoms with Crippen LogP contribution in [-0.4, -0.2) is 70.4 Å². The van der Waals surface area contributed by atoms with Crippen molar-refractivity contribution < 1.29 is 33.5 Å². The van der Waals surface area contributed by atoms with E-state index in [4.69, 9.17) is 20.0 Å². The number of carbonyl (C=O) groups excluding carboxylic acids is 4. The number of nitrogens with zero attached hydrogens (tertiary/aromatic N) is 3. The zero-order valence-corrected chi connectivity index (χ0v) is 27.6. The lowest BCUT2D eigenvalue weighted by Gasteiger charge is -2.49. The smallest absolute Gasteiger partial charge is 0.411 e. The summed E-state index contributed by atoms with van der Waals surface area (Å²) in [6.45, 7) is -0.291. The Morgan fingerprint density at radius 2 is 1.63 bits per heavy atom. The first-order valence-corrected chi connectivity index (χ1v) is 16.9. The van der Waals surface area contributed by atoms with Crippen LogP contribution >= 0.6 is 23.1 Å². The minimum Gasteiger partial charge on any atom is -0.448 e. The molecule has 0 saturated carbocycles. The van der Waals surface area contributed by atoms with Crippen LogP contribution in [-0.2, 0) is 28.7 Å². The van der Waals surface area contributed by atoms with E-state index in [2.05, 4.69) is 20.8 Å². The van der Waals surface area contributed by atoms with Crippen LogP contribution in [0, 0.1) is 0 Å².